The fourth-order valence-electron chi connectivity index (χ4n) is 1.29. The van der Waals surface area contributed by atoms with E-state index in [0.717, 1.165) is 5.75 Å². The molecule has 0 N–H and O–H groups in total. The SMILES string of the molecule is C=O.CC.N#Cc1ccc(OC2CCC2)cc1. The van der Waals surface area contributed by atoms with Gasteiger partial charge in [0.1, 0.15) is 12.5 Å². The van der Waals surface area contributed by atoms with E-state index in [9.17, 15) is 0 Å². The van der Waals surface area contributed by atoms with Gasteiger partial charge in [0.15, 0.2) is 0 Å². The quantitative estimate of drug-likeness (QED) is 0.787. The second-order valence-electron chi connectivity index (χ2n) is 3.31. The molecule has 92 valence electrons. The molecule has 0 unspecified atom stereocenters. The van der Waals surface area contributed by atoms with E-state index in [1.165, 1.54) is 19.3 Å². The summed E-state index contributed by atoms with van der Waals surface area (Å²) in [6.45, 7) is 6.00. The highest BCUT2D eigenvalue weighted by molar-refractivity contribution is 5.34. The highest BCUT2D eigenvalue weighted by atomic mass is 16.5. The Kier molecular flexibility index (Phi) is 8.40. The van der Waals surface area contributed by atoms with Crippen LogP contribution in [0.25, 0.3) is 0 Å². The van der Waals surface area contributed by atoms with Gasteiger partial charge in [-0.1, -0.05) is 13.8 Å². The van der Waals surface area contributed by atoms with Crippen molar-refractivity contribution in [3.8, 4) is 11.8 Å². The van der Waals surface area contributed by atoms with Gasteiger partial charge in [0.25, 0.3) is 0 Å². The molecule has 1 fully saturated rings. The van der Waals surface area contributed by atoms with Gasteiger partial charge in [0.2, 0.25) is 0 Å². The normalized spacial score (nSPS) is 12.8. The van der Waals surface area contributed by atoms with Crippen molar-refractivity contribution in [1.82, 2.24) is 0 Å². The Bertz CT molecular complexity index is 336. The number of hydrogen-bond donors (Lipinski definition) is 0. The standard InChI is InChI=1S/C11H11NO.C2H6.CH2O/c12-8-9-4-6-11(7-5-9)13-10-2-1-3-10;2*1-2/h4-7,10H,1-3H2;1-2H3;1H2. The van der Waals surface area contributed by atoms with Gasteiger partial charge < -0.3 is 9.53 Å². The highest BCUT2D eigenvalue weighted by Crippen LogP contribution is 2.24. The minimum absolute atomic E-state index is 0.410. The summed E-state index contributed by atoms with van der Waals surface area (Å²) in [6.07, 6.45) is 4.02. The lowest BCUT2D eigenvalue weighted by Gasteiger charge is -2.26. The zero-order valence-corrected chi connectivity index (χ0v) is 10.5. The molecule has 1 aliphatic carbocycles. The van der Waals surface area contributed by atoms with E-state index in [-0.39, 0.29) is 0 Å². The van der Waals surface area contributed by atoms with Crippen molar-refractivity contribution in [3.63, 3.8) is 0 Å². The predicted octanol–water partition coefficient (Wildman–Crippen LogP) is 3.33. The van der Waals surface area contributed by atoms with Gasteiger partial charge in [0.05, 0.1) is 17.7 Å². The zero-order chi connectivity index (χ0) is 13.1. The minimum Gasteiger partial charge on any atom is -0.490 e. The minimum atomic E-state index is 0.410. The number of ether oxygens (including phenoxy) is 1. The Balaban J connectivity index is 0.000000581. The molecule has 1 aromatic carbocycles. The largest absolute Gasteiger partial charge is 0.490 e. The Morgan fingerprint density at radius 1 is 1.24 bits per heavy atom. The molecule has 2 rings (SSSR count). The van der Waals surface area contributed by atoms with Crippen LogP contribution in [0.4, 0.5) is 0 Å². The third-order valence-corrected chi connectivity index (χ3v) is 2.34. The van der Waals surface area contributed by atoms with Crippen LogP contribution in [0, 0.1) is 11.3 Å². The lowest BCUT2D eigenvalue weighted by molar-refractivity contribution is -0.0979. The van der Waals surface area contributed by atoms with Gasteiger partial charge in [-0.05, 0) is 43.5 Å². The lowest BCUT2D eigenvalue weighted by atomic mass is 9.96. The number of nitriles is 1. The number of rotatable bonds is 2. The van der Waals surface area contributed by atoms with Crippen molar-refractivity contribution < 1.29 is 9.53 Å². The summed E-state index contributed by atoms with van der Waals surface area (Å²) in [5.74, 6) is 0.878. The van der Waals surface area contributed by atoms with Crippen LogP contribution in [0.1, 0.15) is 38.7 Å². The monoisotopic (exact) mass is 233 g/mol. The Morgan fingerprint density at radius 3 is 2.12 bits per heavy atom. The summed E-state index contributed by atoms with van der Waals surface area (Å²) >= 11 is 0. The molecule has 3 heteroatoms. The Morgan fingerprint density at radius 2 is 1.76 bits per heavy atom. The van der Waals surface area contributed by atoms with E-state index < -0.39 is 0 Å². The molecule has 0 radical (unpaired) electrons. The van der Waals surface area contributed by atoms with E-state index in [0.29, 0.717) is 11.7 Å². The van der Waals surface area contributed by atoms with Gasteiger partial charge in [-0.15, -0.1) is 0 Å². The third kappa shape index (κ3) is 5.17. The van der Waals surface area contributed by atoms with Crippen LogP contribution < -0.4 is 4.74 Å². The van der Waals surface area contributed by atoms with Crippen LogP contribution in [-0.2, 0) is 4.79 Å². The molecule has 0 amide bonds. The van der Waals surface area contributed by atoms with Crippen LogP contribution >= 0.6 is 0 Å². The van der Waals surface area contributed by atoms with Crippen molar-refractivity contribution in [2.75, 3.05) is 0 Å². The van der Waals surface area contributed by atoms with Gasteiger partial charge in [-0.3, -0.25) is 0 Å². The summed E-state index contributed by atoms with van der Waals surface area (Å²) in [7, 11) is 0. The zero-order valence-electron chi connectivity index (χ0n) is 10.5. The molecule has 1 aliphatic rings. The van der Waals surface area contributed by atoms with Crippen LogP contribution in [0.2, 0.25) is 0 Å². The van der Waals surface area contributed by atoms with E-state index in [1.807, 2.05) is 32.8 Å². The molecule has 1 aromatic rings. The summed E-state index contributed by atoms with van der Waals surface area (Å²) in [6, 6.07) is 9.37. The van der Waals surface area contributed by atoms with Gasteiger partial charge in [-0.2, -0.15) is 5.26 Å². The molecule has 0 heterocycles. The van der Waals surface area contributed by atoms with Gasteiger partial charge in [0, 0.05) is 0 Å². The van der Waals surface area contributed by atoms with Crippen molar-refractivity contribution in [3.05, 3.63) is 29.8 Å². The molecule has 0 aliphatic heterocycles. The molecule has 0 saturated heterocycles. The van der Waals surface area contributed by atoms with E-state index >= 15 is 0 Å². The lowest BCUT2D eigenvalue weighted by Crippen LogP contribution is -2.24. The molecular weight excluding hydrogens is 214 g/mol. The second kappa shape index (κ2) is 9.41. The summed E-state index contributed by atoms with van der Waals surface area (Å²) in [5.41, 5.74) is 0.681. The maximum absolute atomic E-state index is 8.58. The first-order chi connectivity index (χ1) is 8.38. The van der Waals surface area contributed by atoms with E-state index in [4.69, 9.17) is 14.8 Å². The molecule has 17 heavy (non-hydrogen) atoms. The smallest absolute Gasteiger partial charge is 0.119 e. The second-order valence-corrected chi connectivity index (χ2v) is 3.31. The maximum Gasteiger partial charge on any atom is 0.119 e. The van der Waals surface area contributed by atoms with Crippen molar-refractivity contribution in [1.29, 1.82) is 5.26 Å². The molecule has 0 spiro atoms. The first-order valence-corrected chi connectivity index (χ1v) is 5.84. The predicted molar refractivity (Wildman–Crippen MR) is 67.9 cm³/mol. The van der Waals surface area contributed by atoms with Gasteiger partial charge >= 0.3 is 0 Å². The molecular formula is C14H19NO2. The maximum atomic E-state index is 8.58. The van der Waals surface area contributed by atoms with Crippen molar-refractivity contribution >= 4 is 6.79 Å². The summed E-state index contributed by atoms with van der Waals surface area (Å²) in [4.78, 5) is 8.00. The average Bonchev–Trinajstić information content (AvgIpc) is 2.39. The number of benzene rings is 1. The Hall–Kier alpha value is -1.82. The van der Waals surface area contributed by atoms with Crippen LogP contribution in [-0.4, -0.2) is 12.9 Å². The fourth-order valence-corrected chi connectivity index (χ4v) is 1.29. The number of nitrogens with zero attached hydrogens (tertiary/aromatic N) is 1. The fraction of sp³-hybridized carbons (Fsp3) is 0.429. The summed E-state index contributed by atoms with van der Waals surface area (Å²) < 4.78 is 5.64. The number of carbonyl (C=O) groups excluding carboxylic acids is 1. The average molecular weight is 233 g/mol. The first-order valence-electron chi connectivity index (χ1n) is 5.84. The van der Waals surface area contributed by atoms with Crippen LogP contribution in [0.15, 0.2) is 24.3 Å². The van der Waals surface area contributed by atoms with E-state index in [1.54, 1.807) is 12.1 Å². The molecule has 1 saturated carbocycles. The van der Waals surface area contributed by atoms with Crippen molar-refractivity contribution in [2.24, 2.45) is 0 Å². The number of carbonyl (C=O) groups is 1. The third-order valence-electron chi connectivity index (χ3n) is 2.34. The topological polar surface area (TPSA) is 50.1 Å². The van der Waals surface area contributed by atoms with Crippen molar-refractivity contribution in [2.45, 2.75) is 39.2 Å². The molecule has 0 atom stereocenters. The van der Waals surface area contributed by atoms with Crippen LogP contribution in [0.5, 0.6) is 5.75 Å². The van der Waals surface area contributed by atoms with E-state index in [2.05, 4.69) is 6.07 Å². The summed E-state index contributed by atoms with van der Waals surface area (Å²) in [5, 5.41) is 8.58. The first kappa shape index (κ1) is 15.2. The molecule has 3 nitrogen and oxygen atoms in total. The van der Waals surface area contributed by atoms with Crippen LogP contribution in [0.3, 0.4) is 0 Å². The Labute approximate surface area is 103 Å². The van der Waals surface area contributed by atoms with Gasteiger partial charge in [-0.25, -0.2) is 0 Å². The molecule has 0 aromatic heterocycles. The molecule has 0 bridgehead atoms. The highest BCUT2D eigenvalue weighted by Gasteiger charge is 2.18. The number of hydrogen-bond acceptors (Lipinski definition) is 3.